The van der Waals surface area contributed by atoms with Gasteiger partial charge in [-0.2, -0.15) is 0 Å². The molecule has 1 heterocycles. The zero-order valence-electron chi connectivity index (χ0n) is 12.2. The predicted octanol–water partition coefficient (Wildman–Crippen LogP) is 2.03. The van der Waals surface area contributed by atoms with Crippen molar-refractivity contribution in [3.05, 3.63) is 53.9 Å². The molecule has 1 aromatic carbocycles. The van der Waals surface area contributed by atoms with Gasteiger partial charge >= 0.3 is 0 Å². The molecule has 110 valence electrons. The number of para-hydroxylation sites is 1. The third kappa shape index (κ3) is 3.72. The van der Waals surface area contributed by atoms with E-state index in [1.165, 1.54) is 0 Å². The van der Waals surface area contributed by atoms with E-state index in [-0.39, 0.29) is 17.6 Å². The van der Waals surface area contributed by atoms with E-state index in [2.05, 4.69) is 10.3 Å². The zero-order valence-corrected chi connectivity index (χ0v) is 12.2. The molecule has 0 bridgehead atoms. The molecule has 2 aromatic rings. The number of pyridine rings is 1. The molecule has 3 N–H and O–H groups in total. The van der Waals surface area contributed by atoms with Crippen molar-refractivity contribution in [2.75, 3.05) is 12.8 Å². The number of ether oxygens (including phenoxy) is 1. The first-order valence-corrected chi connectivity index (χ1v) is 6.75. The molecule has 0 radical (unpaired) electrons. The topological polar surface area (TPSA) is 77.2 Å². The molecule has 0 aliphatic rings. The van der Waals surface area contributed by atoms with Gasteiger partial charge in [-0.1, -0.05) is 18.2 Å². The van der Waals surface area contributed by atoms with Crippen molar-refractivity contribution in [1.82, 2.24) is 10.3 Å². The van der Waals surface area contributed by atoms with Crippen LogP contribution in [0.1, 0.15) is 23.0 Å². The maximum Gasteiger partial charge on any atom is 0.272 e. The second-order valence-corrected chi connectivity index (χ2v) is 4.83. The van der Waals surface area contributed by atoms with Gasteiger partial charge in [-0.3, -0.25) is 4.79 Å². The number of nitrogens with zero attached hydrogens (tertiary/aromatic N) is 1. The molecule has 1 aromatic heterocycles. The Morgan fingerprint density at radius 2 is 2.10 bits per heavy atom. The molecular formula is C16H19N3O2. The first-order valence-electron chi connectivity index (χ1n) is 6.75. The van der Waals surface area contributed by atoms with Gasteiger partial charge in [-0.15, -0.1) is 0 Å². The lowest BCUT2D eigenvalue weighted by atomic mass is 10.1. The molecule has 1 atom stereocenters. The van der Waals surface area contributed by atoms with Gasteiger partial charge in [0.25, 0.3) is 5.91 Å². The molecule has 1 unspecified atom stereocenters. The highest BCUT2D eigenvalue weighted by atomic mass is 16.5. The number of aromatic nitrogens is 1. The summed E-state index contributed by atoms with van der Waals surface area (Å²) in [6.07, 6.45) is 2.22. The largest absolute Gasteiger partial charge is 0.496 e. The first-order chi connectivity index (χ1) is 10.1. The number of carbonyl (C=O) groups excluding carboxylic acids is 1. The fraction of sp³-hybridized carbons (Fsp3) is 0.250. The van der Waals surface area contributed by atoms with Crippen LogP contribution in [0.15, 0.2) is 42.6 Å². The van der Waals surface area contributed by atoms with Gasteiger partial charge in [-0.05, 0) is 37.1 Å². The van der Waals surface area contributed by atoms with Crippen molar-refractivity contribution in [3.63, 3.8) is 0 Å². The molecule has 0 fully saturated rings. The van der Waals surface area contributed by atoms with Gasteiger partial charge in [-0.25, -0.2) is 4.98 Å². The van der Waals surface area contributed by atoms with Crippen molar-refractivity contribution >= 4 is 11.6 Å². The van der Waals surface area contributed by atoms with E-state index in [1.807, 2.05) is 31.2 Å². The van der Waals surface area contributed by atoms with Gasteiger partial charge in [0, 0.05) is 12.2 Å². The van der Waals surface area contributed by atoms with E-state index >= 15 is 0 Å². The van der Waals surface area contributed by atoms with Crippen LogP contribution in [0.3, 0.4) is 0 Å². The average molecular weight is 285 g/mol. The first kappa shape index (κ1) is 14.8. The summed E-state index contributed by atoms with van der Waals surface area (Å²) in [5.41, 5.74) is 7.42. The lowest BCUT2D eigenvalue weighted by Crippen LogP contribution is -2.35. The Hall–Kier alpha value is -2.56. The molecule has 0 aliphatic heterocycles. The number of rotatable bonds is 5. The highest BCUT2D eigenvalue weighted by Gasteiger charge is 2.15. The Morgan fingerprint density at radius 1 is 1.33 bits per heavy atom. The normalized spacial score (nSPS) is 11.7. The van der Waals surface area contributed by atoms with Crippen molar-refractivity contribution in [2.24, 2.45) is 0 Å². The number of nitrogens with one attached hydrogen (secondary N) is 1. The van der Waals surface area contributed by atoms with Gasteiger partial charge in [0.2, 0.25) is 0 Å². The third-order valence-corrected chi connectivity index (χ3v) is 3.15. The second kappa shape index (κ2) is 6.74. The highest BCUT2D eigenvalue weighted by Crippen LogP contribution is 2.19. The summed E-state index contributed by atoms with van der Waals surface area (Å²) in [6.45, 7) is 1.93. The zero-order chi connectivity index (χ0) is 15.2. The number of carbonyl (C=O) groups is 1. The summed E-state index contributed by atoms with van der Waals surface area (Å²) in [5, 5.41) is 2.90. The summed E-state index contributed by atoms with van der Waals surface area (Å²) in [5.74, 6) is 0.548. The fourth-order valence-electron chi connectivity index (χ4n) is 2.15. The summed E-state index contributed by atoms with van der Waals surface area (Å²) in [6, 6.07) is 11.0. The minimum atomic E-state index is -0.268. The number of hydrogen-bond acceptors (Lipinski definition) is 4. The third-order valence-electron chi connectivity index (χ3n) is 3.15. The van der Waals surface area contributed by atoms with Crippen LogP contribution in [0.5, 0.6) is 5.75 Å². The molecule has 5 nitrogen and oxygen atoms in total. The minimum absolute atomic E-state index is 0.0600. The number of amides is 1. The van der Waals surface area contributed by atoms with Crippen LogP contribution < -0.4 is 15.8 Å². The molecule has 2 rings (SSSR count). The lowest BCUT2D eigenvalue weighted by molar-refractivity contribution is 0.0936. The molecule has 0 aliphatic carbocycles. The van der Waals surface area contributed by atoms with E-state index in [0.717, 1.165) is 11.3 Å². The molecule has 21 heavy (non-hydrogen) atoms. The van der Waals surface area contributed by atoms with Crippen LogP contribution in [0.2, 0.25) is 0 Å². The fourth-order valence-corrected chi connectivity index (χ4v) is 2.15. The van der Waals surface area contributed by atoms with E-state index in [9.17, 15) is 4.79 Å². The van der Waals surface area contributed by atoms with Crippen LogP contribution >= 0.6 is 0 Å². The Balaban J connectivity index is 2.03. The maximum atomic E-state index is 12.1. The molecular weight excluding hydrogens is 266 g/mol. The van der Waals surface area contributed by atoms with Gasteiger partial charge in [0.05, 0.1) is 12.8 Å². The standard InChI is InChI=1S/C16H19N3O2/c1-11(10-12-6-3-4-8-14(12)21-2)19-16(20)15-13(17)7-5-9-18-15/h3-9,11H,10,17H2,1-2H3,(H,19,20). The van der Waals surface area contributed by atoms with Crippen LogP contribution in [0, 0.1) is 0 Å². The highest BCUT2D eigenvalue weighted by molar-refractivity contribution is 5.97. The summed E-state index contributed by atoms with van der Waals surface area (Å²) in [7, 11) is 1.64. The SMILES string of the molecule is COc1ccccc1CC(C)NC(=O)c1ncccc1N. The van der Waals surface area contributed by atoms with Crippen LogP contribution in [0.4, 0.5) is 5.69 Å². The van der Waals surface area contributed by atoms with E-state index in [0.29, 0.717) is 12.1 Å². The molecule has 0 saturated carbocycles. The number of nitrogen functional groups attached to an aromatic ring is 1. The summed E-state index contributed by atoms with van der Waals surface area (Å²) >= 11 is 0. The number of anilines is 1. The Labute approximate surface area is 124 Å². The second-order valence-electron chi connectivity index (χ2n) is 4.83. The number of benzene rings is 1. The quantitative estimate of drug-likeness (QED) is 0.881. The summed E-state index contributed by atoms with van der Waals surface area (Å²) in [4.78, 5) is 16.1. The predicted molar refractivity (Wildman–Crippen MR) is 82.3 cm³/mol. The lowest BCUT2D eigenvalue weighted by Gasteiger charge is -2.16. The Morgan fingerprint density at radius 3 is 2.81 bits per heavy atom. The maximum absolute atomic E-state index is 12.1. The van der Waals surface area contributed by atoms with Crippen molar-refractivity contribution in [3.8, 4) is 5.75 Å². The molecule has 1 amide bonds. The van der Waals surface area contributed by atoms with Gasteiger partial charge in [0.1, 0.15) is 5.75 Å². The number of nitrogens with two attached hydrogens (primary N) is 1. The van der Waals surface area contributed by atoms with E-state index in [4.69, 9.17) is 10.5 Å². The van der Waals surface area contributed by atoms with Crippen molar-refractivity contribution in [2.45, 2.75) is 19.4 Å². The average Bonchev–Trinajstić information content (AvgIpc) is 2.48. The molecule has 0 saturated heterocycles. The van der Waals surface area contributed by atoms with Crippen molar-refractivity contribution in [1.29, 1.82) is 0 Å². The Kier molecular flexibility index (Phi) is 4.77. The van der Waals surface area contributed by atoms with Crippen LogP contribution in [-0.4, -0.2) is 24.0 Å². The van der Waals surface area contributed by atoms with Gasteiger partial charge < -0.3 is 15.8 Å². The van der Waals surface area contributed by atoms with Gasteiger partial charge in [0.15, 0.2) is 5.69 Å². The van der Waals surface area contributed by atoms with E-state index < -0.39 is 0 Å². The monoisotopic (exact) mass is 285 g/mol. The van der Waals surface area contributed by atoms with E-state index in [1.54, 1.807) is 25.4 Å². The van der Waals surface area contributed by atoms with Crippen molar-refractivity contribution < 1.29 is 9.53 Å². The molecule has 5 heteroatoms. The number of hydrogen-bond donors (Lipinski definition) is 2. The van der Waals surface area contributed by atoms with Crippen LogP contribution in [-0.2, 0) is 6.42 Å². The Bertz CT molecular complexity index is 628. The summed E-state index contributed by atoms with van der Waals surface area (Å²) < 4.78 is 5.31. The smallest absolute Gasteiger partial charge is 0.272 e. The van der Waals surface area contributed by atoms with Crippen LogP contribution in [0.25, 0.3) is 0 Å². The number of methoxy groups -OCH3 is 1. The minimum Gasteiger partial charge on any atom is -0.496 e. The molecule has 0 spiro atoms.